The SMILES string of the molecule is CC(C)OC(C)CNc1ccc(NC=O)cc1. The summed E-state index contributed by atoms with van der Waals surface area (Å²) in [4.78, 5) is 10.2. The van der Waals surface area contributed by atoms with Crippen molar-refractivity contribution in [3.05, 3.63) is 24.3 Å². The van der Waals surface area contributed by atoms with Gasteiger partial charge in [-0.1, -0.05) is 0 Å². The Kier molecular flexibility index (Phi) is 5.49. The minimum Gasteiger partial charge on any atom is -0.382 e. The first kappa shape index (κ1) is 13.5. The molecular weight excluding hydrogens is 216 g/mol. The molecule has 0 saturated heterocycles. The second-order valence-electron chi connectivity index (χ2n) is 4.22. The van der Waals surface area contributed by atoms with Crippen LogP contribution in [0.25, 0.3) is 0 Å². The van der Waals surface area contributed by atoms with Gasteiger partial charge in [0.2, 0.25) is 6.41 Å². The number of carbonyl (C=O) groups excluding carboxylic acids is 1. The van der Waals surface area contributed by atoms with Gasteiger partial charge in [-0.3, -0.25) is 4.79 Å². The Morgan fingerprint density at radius 2 is 1.76 bits per heavy atom. The standard InChI is InChI=1S/C13H20N2O2/c1-10(2)17-11(3)8-14-12-4-6-13(7-5-12)15-9-16/h4-7,9-11,14H,8H2,1-3H3,(H,15,16). The van der Waals surface area contributed by atoms with Crippen LogP contribution in [0.1, 0.15) is 20.8 Å². The zero-order valence-electron chi connectivity index (χ0n) is 10.6. The molecule has 0 aliphatic carbocycles. The summed E-state index contributed by atoms with van der Waals surface area (Å²) in [5, 5.41) is 5.87. The number of amides is 1. The van der Waals surface area contributed by atoms with Crippen LogP contribution in [0.15, 0.2) is 24.3 Å². The summed E-state index contributed by atoms with van der Waals surface area (Å²) in [7, 11) is 0. The van der Waals surface area contributed by atoms with Gasteiger partial charge in [0, 0.05) is 17.9 Å². The lowest BCUT2D eigenvalue weighted by atomic mass is 10.2. The molecule has 1 rings (SSSR count). The molecule has 1 aromatic carbocycles. The van der Waals surface area contributed by atoms with E-state index in [0.717, 1.165) is 17.9 Å². The maximum Gasteiger partial charge on any atom is 0.211 e. The van der Waals surface area contributed by atoms with Gasteiger partial charge in [0.05, 0.1) is 12.2 Å². The van der Waals surface area contributed by atoms with Crippen LogP contribution < -0.4 is 10.6 Å². The van der Waals surface area contributed by atoms with Crippen LogP contribution in [0.5, 0.6) is 0 Å². The Labute approximate surface area is 102 Å². The van der Waals surface area contributed by atoms with Crippen molar-refractivity contribution in [2.45, 2.75) is 33.0 Å². The van der Waals surface area contributed by atoms with E-state index in [9.17, 15) is 4.79 Å². The van der Waals surface area contributed by atoms with Gasteiger partial charge in [-0.15, -0.1) is 0 Å². The Bertz CT molecular complexity index is 336. The molecule has 2 N–H and O–H groups in total. The van der Waals surface area contributed by atoms with Crippen molar-refractivity contribution >= 4 is 17.8 Å². The third kappa shape index (κ3) is 5.36. The van der Waals surface area contributed by atoms with Gasteiger partial charge in [-0.05, 0) is 45.0 Å². The van der Waals surface area contributed by atoms with Crippen molar-refractivity contribution in [1.29, 1.82) is 0 Å². The van der Waals surface area contributed by atoms with Gasteiger partial charge in [0.15, 0.2) is 0 Å². The van der Waals surface area contributed by atoms with Gasteiger partial charge in [0.25, 0.3) is 0 Å². The van der Waals surface area contributed by atoms with E-state index in [1.807, 2.05) is 45.0 Å². The van der Waals surface area contributed by atoms with Crippen molar-refractivity contribution in [3.63, 3.8) is 0 Å². The van der Waals surface area contributed by atoms with E-state index in [1.165, 1.54) is 0 Å². The molecule has 17 heavy (non-hydrogen) atoms. The molecule has 1 unspecified atom stereocenters. The van der Waals surface area contributed by atoms with Crippen molar-refractivity contribution in [3.8, 4) is 0 Å². The molecule has 0 radical (unpaired) electrons. The average Bonchev–Trinajstić information content (AvgIpc) is 2.28. The van der Waals surface area contributed by atoms with E-state index in [1.54, 1.807) is 0 Å². The lowest BCUT2D eigenvalue weighted by Crippen LogP contribution is -2.23. The first-order chi connectivity index (χ1) is 8.11. The number of hydrogen-bond acceptors (Lipinski definition) is 3. The number of benzene rings is 1. The number of rotatable bonds is 7. The van der Waals surface area contributed by atoms with Crippen molar-refractivity contribution in [1.82, 2.24) is 0 Å². The number of anilines is 2. The maximum absolute atomic E-state index is 10.2. The van der Waals surface area contributed by atoms with Gasteiger partial charge < -0.3 is 15.4 Å². The fraction of sp³-hybridized carbons (Fsp3) is 0.462. The van der Waals surface area contributed by atoms with E-state index in [2.05, 4.69) is 10.6 Å². The number of nitrogens with one attached hydrogen (secondary N) is 2. The Hall–Kier alpha value is -1.55. The molecule has 0 heterocycles. The molecule has 1 aromatic rings. The average molecular weight is 236 g/mol. The molecular formula is C13H20N2O2. The van der Waals surface area contributed by atoms with Gasteiger partial charge in [0.1, 0.15) is 0 Å². The van der Waals surface area contributed by atoms with Gasteiger partial charge in [-0.2, -0.15) is 0 Å². The summed E-state index contributed by atoms with van der Waals surface area (Å²) < 4.78 is 5.61. The summed E-state index contributed by atoms with van der Waals surface area (Å²) >= 11 is 0. The highest BCUT2D eigenvalue weighted by Gasteiger charge is 2.04. The molecule has 0 aliphatic heterocycles. The Balaban J connectivity index is 2.38. The van der Waals surface area contributed by atoms with Crippen LogP contribution in [0.3, 0.4) is 0 Å². The highest BCUT2D eigenvalue weighted by atomic mass is 16.5. The predicted molar refractivity (Wildman–Crippen MR) is 70.3 cm³/mol. The Morgan fingerprint density at radius 1 is 1.18 bits per heavy atom. The van der Waals surface area contributed by atoms with Gasteiger partial charge >= 0.3 is 0 Å². The topological polar surface area (TPSA) is 50.4 Å². The molecule has 0 spiro atoms. The number of carbonyl (C=O) groups is 1. The van der Waals surface area contributed by atoms with Crippen LogP contribution >= 0.6 is 0 Å². The minimum absolute atomic E-state index is 0.169. The van der Waals surface area contributed by atoms with E-state index >= 15 is 0 Å². The van der Waals surface area contributed by atoms with E-state index in [0.29, 0.717) is 6.41 Å². The third-order valence-corrected chi connectivity index (χ3v) is 2.21. The molecule has 94 valence electrons. The fourth-order valence-electron chi connectivity index (χ4n) is 1.53. The Morgan fingerprint density at radius 3 is 2.29 bits per heavy atom. The summed E-state index contributed by atoms with van der Waals surface area (Å²) in [5.74, 6) is 0. The number of ether oxygens (including phenoxy) is 1. The number of hydrogen-bond donors (Lipinski definition) is 2. The van der Waals surface area contributed by atoms with Gasteiger partial charge in [-0.25, -0.2) is 0 Å². The molecule has 0 fully saturated rings. The second-order valence-corrected chi connectivity index (χ2v) is 4.22. The molecule has 4 nitrogen and oxygen atoms in total. The lowest BCUT2D eigenvalue weighted by Gasteiger charge is -2.17. The molecule has 4 heteroatoms. The predicted octanol–water partition coefficient (Wildman–Crippen LogP) is 2.48. The largest absolute Gasteiger partial charge is 0.382 e. The van der Waals surface area contributed by atoms with Crippen LogP contribution in [-0.2, 0) is 9.53 Å². The smallest absolute Gasteiger partial charge is 0.211 e. The first-order valence-corrected chi connectivity index (χ1v) is 5.81. The van der Waals surface area contributed by atoms with E-state index in [4.69, 9.17) is 4.74 Å². The first-order valence-electron chi connectivity index (χ1n) is 5.81. The summed E-state index contributed by atoms with van der Waals surface area (Å²) in [6.07, 6.45) is 1.08. The minimum atomic E-state index is 0.169. The van der Waals surface area contributed by atoms with Crippen LogP contribution in [0, 0.1) is 0 Å². The van der Waals surface area contributed by atoms with Crippen LogP contribution in [-0.4, -0.2) is 25.2 Å². The monoisotopic (exact) mass is 236 g/mol. The lowest BCUT2D eigenvalue weighted by molar-refractivity contribution is -0.105. The molecule has 1 amide bonds. The zero-order chi connectivity index (χ0) is 12.7. The van der Waals surface area contributed by atoms with Crippen molar-refractivity contribution in [2.24, 2.45) is 0 Å². The molecule has 1 atom stereocenters. The maximum atomic E-state index is 10.2. The summed E-state index contributed by atoms with van der Waals surface area (Å²) in [6.45, 7) is 6.85. The van der Waals surface area contributed by atoms with E-state index < -0.39 is 0 Å². The second kappa shape index (κ2) is 6.91. The molecule has 0 bridgehead atoms. The summed E-state index contributed by atoms with van der Waals surface area (Å²) in [5.41, 5.74) is 1.80. The van der Waals surface area contributed by atoms with Crippen LogP contribution in [0.2, 0.25) is 0 Å². The van der Waals surface area contributed by atoms with Crippen molar-refractivity contribution < 1.29 is 9.53 Å². The molecule has 0 saturated carbocycles. The summed E-state index contributed by atoms with van der Waals surface area (Å²) in [6, 6.07) is 7.55. The highest BCUT2D eigenvalue weighted by molar-refractivity contribution is 5.72. The molecule has 0 aromatic heterocycles. The third-order valence-electron chi connectivity index (χ3n) is 2.21. The molecule has 0 aliphatic rings. The van der Waals surface area contributed by atoms with E-state index in [-0.39, 0.29) is 12.2 Å². The highest BCUT2D eigenvalue weighted by Crippen LogP contribution is 2.13. The normalized spacial score (nSPS) is 12.2. The fourth-order valence-corrected chi connectivity index (χ4v) is 1.53. The zero-order valence-corrected chi connectivity index (χ0v) is 10.6. The van der Waals surface area contributed by atoms with Crippen LogP contribution in [0.4, 0.5) is 11.4 Å². The van der Waals surface area contributed by atoms with Crippen molar-refractivity contribution in [2.75, 3.05) is 17.2 Å². The quantitative estimate of drug-likeness (QED) is 0.715.